The van der Waals surface area contributed by atoms with Gasteiger partial charge in [-0.1, -0.05) is 17.7 Å². The number of halogens is 5. The van der Waals surface area contributed by atoms with Crippen LogP contribution in [0.3, 0.4) is 0 Å². The molecule has 142 valence electrons. The van der Waals surface area contributed by atoms with Crippen molar-refractivity contribution < 1.29 is 8.78 Å². The van der Waals surface area contributed by atoms with E-state index in [2.05, 4.69) is 41.8 Å². The van der Waals surface area contributed by atoms with Crippen molar-refractivity contribution in [1.82, 2.24) is 9.55 Å². The minimum Gasteiger partial charge on any atom is -0.301 e. The summed E-state index contributed by atoms with van der Waals surface area (Å²) < 4.78 is 31.6. The summed E-state index contributed by atoms with van der Waals surface area (Å²) in [5, 5.41) is 0.354. The van der Waals surface area contributed by atoms with Gasteiger partial charge in [-0.25, -0.2) is 8.78 Å². The highest BCUT2D eigenvalue weighted by atomic mass is 79.9. The van der Waals surface area contributed by atoms with E-state index in [-0.39, 0.29) is 15.7 Å². The molecule has 4 nitrogen and oxygen atoms in total. The first kappa shape index (κ1) is 19.4. The van der Waals surface area contributed by atoms with E-state index in [1.54, 1.807) is 29.8 Å². The Balaban J connectivity index is 2.17. The first-order chi connectivity index (χ1) is 13.3. The van der Waals surface area contributed by atoms with Gasteiger partial charge in [-0.05, 0) is 63.0 Å². The molecule has 1 aliphatic rings. The van der Waals surface area contributed by atoms with E-state index in [4.69, 9.17) is 11.6 Å². The van der Waals surface area contributed by atoms with Crippen LogP contribution in [-0.4, -0.2) is 15.3 Å². The van der Waals surface area contributed by atoms with Crippen molar-refractivity contribution in [3.63, 3.8) is 0 Å². The van der Waals surface area contributed by atoms with Gasteiger partial charge in [0.2, 0.25) is 0 Å². The quantitative estimate of drug-likeness (QED) is 0.412. The normalized spacial score (nSPS) is 15.5. The van der Waals surface area contributed by atoms with Gasteiger partial charge in [0, 0.05) is 16.2 Å². The fourth-order valence-corrected chi connectivity index (χ4v) is 4.10. The van der Waals surface area contributed by atoms with E-state index in [0.29, 0.717) is 26.6 Å². The molecule has 0 saturated heterocycles. The van der Waals surface area contributed by atoms with Crippen LogP contribution in [0.2, 0.25) is 5.02 Å². The fraction of sp³-hybridized carbons (Fsp3) is 0.105. The Morgan fingerprint density at radius 3 is 2.46 bits per heavy atom. The van der Waals surface area contributed by atoms with Crippen LogP contribution >= 0.6 is 43.5 Å². The number of benzene rings is 2. The molecule has 0 aliphatic carbocycles. The summed E-state index contributed by atoms with van der Waals surface area (Å²) in [6, 6.07) is 6.31. The van der Waals surface area contributed by atoms with Crippen molar-refractivity contribution in [2.45, 2.75) is 13.0 Å². The molecule has 0 fully saturated rings. The lowest BCUT2D eigenvalue weighted by atomic mass is 9.99. The first-order valence-electron chi connectivity index (χ1n) is 8.09. The van der Waals surface area contributed by atoms with E-state index in [9.17, 15) is 13.6 Å². The molecule has 0 radical (unpaired) electrons. The second-order valence-electron chi connectivity index (χ2n) is 6.13. The maximum Gasteiger partial charge on any atom is 0.287 e. The molecule has 1 aromatic heterocycles. The predicted octanol–water partition coefficient (Wildman–Crippen LogP) is 5.60. The number of aromatic nitrogens is 2. The van der Waals surface area contributed by atoms with Crippen molar-refractivity contribution in [3.8, 4) is 5.69 Å². The van der Waals surface area contributed by atoms with Crippen LogP contribution < -0.4 is 5.56 Å². The monoisotopic (exact) mass is 527 g/mol. The van der Waals surface area contributed by atoms with Gasteiger partial charge in [0.15, 0.2) is 0 Å². The van der Waals surface area contributed by atoms with Crippen molar-refractivity contribution in [1.29, 1.82) is 0 Å². The molecule has 0 N–H and O–H groups in total. The van der Waals surface area contributed by atoms with Gasteiger partial charge in [-0.3, -0.25) is 9.79 Å². The molecule has 3 aromatic rings. The van der Waals surface area contributed by atoms with Crippen LogP contribution in [0.4, 0.5) is 8.78 Å². The molecule has 0 bridgehead atoms. The number of fused-ring (bicyclic) bond motifs is 3. The maximum atomic E-state index is 14.6. The zero-order chi connectivity index (χ0) is 20.2. The predicted molar refractivity (Wildman–Crippen MR) is 111 cm³/mol. The van der Waals surface area contributed by atoms with Crippen molar-refractivity contribution in [2.24, 2.45) is 4.99 Å². The molecule has 9 heteroatoms. The zero-order valence-electron chi connectivity index (χ0n) is 14.2. The third-order valence-corrected chi connectivity index (χ3v) is 6.29. The molecule has 1 atom stereocenters. The van der Waals surface area contributed by atoms with Crippen molar-refractivity contribution in [2.75, 3.05) is 0 Å². The largest absolute Gasteiger partial charge is 0.301 e. The van der Waals surface area contributed by atoms with E-state index >= 15 is 0 Å². The Kier molecular flexibility index (Phi) is 4.97. The minimum absolute atomic E-state index is 0.0848. The number of hydrogen-bond donors (Lipinski definition) is 0. The standard InChI is InChI=1S/C19H10Br2ClF2N3O/c1-8-18-26-19(28)9(20)7-27(18)13-6-5-10(22)16(21)15(13)17(25-8)14-11(23)3-2-4-12(14)24/h2-8H,1H3/t8-/m0/s1. The Morgan fingerprint density at radius 2 is 1.79 bits per heavy atom. The van der Waals surface area contributed by atoms with Crippen LogP contribution in [-0.2, 0) is 0 Å². The van der Waals surface area contributed by atoms with E-state index < -0.39 is 23.2 Å². The Morgan fingerprint density at radius 1 is 1.11 bits per heavy atom. The third kappa shape index (κ3) is 3.03. The van der Waals surface area contributed by atoms with Gasteiger partial charge in [0.05, 0.1) is 22.0 Å². The lowest BCUT2D eigenvalue weighted by Gasteiger charge is -2.17. The third-order valence-electron chi connectivity index (χ3n) is 4.37. The van der Waals surface area contributed by atoms with Crippen molar-refractivity contribution >= 4 is 49.2 Å². The molecular formula is C19H10Br2ClF2N3O. The number of nitrogens with zero attached hydrogens (tertiary/aromatic N) is 3. The summed E-state index contributed by atoms with van der Waals surface area (Å²) in [6.45, 7) is 1.70. The summed E-state index contributed by atoms with van der Waals surface area (Å²) in [6.07, 6.45) is 1.57. The van der Waals surface area contributed by atoms with E-state index in [1.807, 2.05) is 0 Å². The van der Waals surface area contributed by atoms with Crippen LogP contribution in [0, 0.1) is 11.6 Å². The SMILES string of the molecule is C[C@@H]1N=C(c2c(F)cccc2F)c2c(ccc(Cl)c2Br)-n2cc(Br)c(=O)nc21. The number of hydrogen-bond acceptors (Lipinski definition) is 3. The molecule has 2 aromatic carbocycles. The highest BCUT2D eigenvalue weighted by molar-refractivity contribution is 9.10. The van der Waals surface area contributed by atoms with Gasteiger partial charge in [0.1, 0.15) is 28.0 Å². The number of rotatable bonds is 1. The van der Waals surface area contributed by atoms with Gasteiger partial charge >= 0.3 is 0 Å². The molecule has 28 heavy (non-hydrogen) atoms. The first-order valence-corrected chi connectivity index (χ1v) is 10.1. The second kappa shape index (κ2) is 7.17. The smallest absolute Gasteiger partial charge is 0.287 e. The summed E-state index contributed by atoms with van der Waals surface area (Å²) in [4.78, 5) is 20.7. The van der Waals surface area contributed by atoms with E-state index in [1.165, 1.54) is 18.2 Å². The van der Waals surface area contributed by atoms with Crippen molar-refractivity contribution in [3.05, 3.63) is 89.4 Å². The van der Waals surface area contributed by atoms with Gasteiger partial charge < -0.3 is 4.57 Å². The van der Waals surface area contributed by atoms with Gasteiger partial charge in [0.25, 0.3) is 5.56 Å². The summed E-state index contributed by atoms with van der Waals surface area (Å²) >= 11 is 12.9. The average molecular weight is 530 g/mol. The minimum atomic E-state index is -0.751. The van der Waals surface area contributed by atoms with Crippen LogP contribution in [0.15, 0.2) is 55.3 Å². The molecular weight excluding hydrogens is 519 g/mol. The maximum absolute atomic E-state index is 14.6. The van der Waals surface area contributed by atoms with Crippen LogP contribution in [0.1, 0.15) is 29.9 Å². The topological polar surface area (TPSA) is 47.2 Å². The second-order valence-corrected chi connectivity index (χ2v) is 8.18. The number of aliphatic imine (C=N–C) groups is 1. The average Bonchev–Trinajstić information content (AvgIpc) is 2.75. The molecule has 0 amide bonds. The highest BCUT2D eigenvalue weighted by Gasteiger charge is 2.29. The van der Waals surface area contributed by atoms with Crippen LogP contribution in [0.5, 0.6) is 0 Å². The Bertz CT molecular complexity index is 1210. The summed E-state index contributed by atoms with van der Waals surface area (Å²) in [5.74, 6) is -1.16. The Hall–Kier alpha value is -1.90. The lowest BCUT2D eigenvalue weighted by molar-refractivity contribution is 0.578. The lowest BCUT2D eigenvalue weighted by Crippen LogP contribution is -2.18. The van der Waals surface area contributed by atoms with Gasteiger partial charge in [-0.2, -0.15) is 4.98 Å². The Labute approximate surface area is 180 Å². The molecule has 1 aliphatic heterocycles. The van der Waals surface area contributed by atoms with Gasteiger partial charge in [-0.15, -0.1) is 0 Å². The van der Waals surface area contributed by atoms with E-state index in [0.717, 1.165) is 0 Å². The summed E-state index contributed by atoms with van der Waals surface area (Å²) in [7, 11) is 0. The fourth-order valence-electron chi connectivity index (χ4n) is 3.13. The molecule has 0 spiro atoms. The highest BCUT2D eigenvalue weighted by Crippen LogP contribution is 2.38. The molecule has 4 rings (SSSR count). The molecule has 0 unspecified atom stereocenters. The summed E-state index contributed by atoms with van der Waals surface area (Å²) in [5.41, 5.74) is 0.294. The molecule has 0 saturated carbocycles. The zero-order valence-corrected chi connectivity index (χ0v) is 18.1. The van der Waals surface area contributed by atoms with Crippen LogP contribution in [0.25, 0.3) is 5.69 Å². The molecule has 2 heterocycles.